The third-order valence-corrected chi connectivity index (χ3v) is 2.90. The van der Waals surface area contributed by atoms with E-state index in [2.05, 4.69) is 11.2 Å². The maximum Gasteiger partial charge on any atom is 0.142 e. The number of methoxy groups -OCH3 is 1. The van der Waals surface area contributed by atoms with Crippen molar-refractivity contribution in [2.24, 2.45) is 16.8 Å². The first kappa shape index (κ1) is 9.83. The van der Waals surface area contributed by atoms with Gasteiger partial charge in [-0.2, -0.15) is 0 Å². The van der Waals surface area contributed by atoms with Gasteiger partial charge in [-0.15, -0.1) is 0 Å². The van der Waals surface area contributed by atoms with Crippen LogP contribution in [-0.4, -0.2) is 18.2 Å². The van der Waals surface area contributed by atoms with Gasteiger partial charge in [0.1, 0.15) is 11.6 Å². The monoisotopic (exact) mass is 206 g/mol. The maximum absolute atomic E-state index is 8.63. The van der Waals surface area contributed by atoms with Gasteiger partial charge in [0, 0.05) is 5.92 Å². The molecule has 1 aromatic carbocycles. The van der Waals surface area contributed by atoms with Crippen LogP contribution in [0.1, 0.15) is 11.1 Å². The molecule has 0 spiro atoms. The first-order chi connectivity index (χ1) is 7.26. The minimum Gasteiger partial charge on any atom is -0.496 e. The van der Waals surface area contributed by atoms with Gasteiger partial charge in [0.2, 0.25) is 0 Å². The smallest absolute Gasteiger partial charge is 0.142 e. The van der Waals surface area contributed by atoms with E-state index in [1.807, 2.05) is 12.1 Å². The van der Waals surface area contributed by atoms with Gasteiger partial charge in [-0.3, -0.25) is 0 Å². The van der Waals surface area contributed by atoms with Crippen molar-refractivity contribution in [2.45, 2.75) is 12.8 Å². The van der Waals surface area contributed by atoms with Crippen LogP contribution in [0.2, 0.25) is 0 Å². The zero-order valence-corrected chi connectivity index (χ0v) is 8.60. The summed E-state index contributed by atoms with van der Waals surface area (Å²) in [5.41, 5.74) is 8.01. The molecule has 1 aromatic rings. The molecule has 2 rings (SSSR count). The quantitative estimate of drug-likeness (QED) is 0.330. The molecule has 0 amide bonds. The standard InChI is InChI=1S/C11H14N2O2/c1-15-10-4-2-3-7-5-8(6-9(7)10)11(12)13-14/h2-4,8,14H,5-6H2,1H3,(H2,12,13). The van der Waals surface area contributed by atoms with Crippen molar-refractivity contribution in [3.63, 3.8) is 0 Å². The molecule has 0 saturated heterocycles. The average Bonchev–Trinajstić information content (AvgIpc) is 2.71. The maximum atomic E-state index is 8.63. The average molecular weight is 206 g/mol. The van der Waals surface area contributed by atoms with Crippen molar-refractivity contribution < 1.29 is 9.94 Å². The van der Waals surface area contributed by atoms with E-state index in [1.165, 1.54) is 11.1 Å². The second-order valence-electron chi connectivity index (χ2n) is 3.73. The lowest BCUT2D eigenvalue weighted by Crippen LogP contribution is -2.23. The number of rotatable bonds is 2. The lowest BCUT2D eigenvalue weighted by atomic mass is 10.1. The minimum absolute atomic E-state index is 0.0984. The number of nitrogens with zero attached hydrogens (tertiary/aromatic N) is 1. The summed E-state index contributed by atoms with van der Waals surface area (Å²) in [6.45, 7) is 0. The van der Waals surface area contributed by atoms with Crippen LogP contribution < -0.4 is 10.5 Å². The van der Waals surface area contributed by atoms with Gasteiger partial charge in [0.25, 0.3) is 0 Å². The van der Waals surface area contributed by atoms with E-state index in [-0.39, 0.29) is 5.92 Å². The lowest BCUT2D eigenvalue weighted by Gasteiger charge is -2.06. The zero-order chi connectivity index (χ0) is 10.8. The molecule has 80 valence electrons. The first-order valence-corrected chi connectivity index (χ1v) is 4.88. The molecule has 1 aliphatic rings. The number of amidine groups is 1. The highest BCUT2D eigenvalue weighted by atomic mass is 16.5. The molecule has 3 N–H and O–H groups in total. The Morgan fingerprint density at radius 1 is 1.53 bits per heavy atom. The predicted octanol–water partition coefficient (Wildman–Crippen LogP) is 1.16. The third kappa shape index (κ3) is 1.63. The van der Waals surface area contributed by atoms with Crippen molar-refractivity contribution >= 4 is 5.84 Å². The van der Waals surface area contributed by atoms with Gasteiger partial charge < -0.3 is 15.7 Å². The molecule has 0 aromatic heterocycles. The molecule has 0 heterocycles. The Kier molecular flexibility index (Phi) is 2.49. The van der Waals surface area contributed by atoms with E-state index in [4.69, 9.17) is 15.7 Å². The Balaban J connectivity index is 2.30. The Hall–Kier alpha value is -1.71. The van der Waals surface area contributed by atoms with Gasteiger partial charge in [0.15, 0.2) is 0 Å². The molecule has 1 atom stereocenters. The number of benzene rings is 1. The number of fused-ring (bicyclic) bond motifs is 1. The van der Waals surface area contributed by atoms with Crippen LogP contribution in [0.15, 0.2) is 23.4 Å². The largest absolute Gasteiger partial charge is 0.496 e. The van der Waals surface area contributed by atoms with E-state index in [1.54, 1.807) is 7.11 Å². The van der Waals surface area contributed by atoms with Crippen LogP contribution in [-0.2, 0) is 12.8 Å². The SMILES string of the molecule is COc1cccc2c1CC(/C(N)=N/O)C2. The van der Waals surface area contributed by atoms with Gasteiger partial charge >= 0.3 is 0 Å². The van der Waals surface area contributed by atoms with E-state index >= 15 is 0 Å². The van der Waals surface area contributed by atoms with E-state index in [9.17, 15) is 0 Å². The Labute approximate surface area is 88.3 Å². The molecule has 1 aliphatic carbocycles. The second-order valence-corrected chi connectivity index (χ2v) is 3.73. The van der Waals surface area contributed by atoms with Crippen LogP contribution in [0.5, 0.6) is 5.75 Å². The summed E-state index contributed by atoms with van der Waals surface area (Å²) >= 11 is 0. The fourth-order valence-electron chi connectivity index (χ4n) is 2.10. The minimum atomic E-state index is 0.0984. The van der Waals surface area contributed by atoms with E-state index < -0.39 is 0 Å². The summed E-state index contributed by atoms with van der Waals surface area (Å²) in [7, 11) is 1.66. The van der Waals surface area contributed by atoms with Gasteiger partial charge in [-0.1, -0.05) is 17.3 Å². The molecule has 0 aliphatic heterocycles. The lowest BCUT2D eigenvalue weighted by molar-refractivity contribution is 0.314. The molecule has 1 unspecified atom stereocenters. The Morgan fingerprint density at radius 2 is 2.33 bits per heavy atom. The summed E-state index contributed by atoms with van der Waals surface area (Å²) in [6, 6.07) is 5.96. The van der Waals surface area contributed by atoms with Crippen molar-refractivity contribution in [3.05, 3.63) is 29.3 Å². The molecule has 4 nitrogen and oxygen atoms in total. The number of hydrogen-bond donors (Lipinski definition) is 2. The topological polar surface area (TPSA) is 67.8 Å². The molecule has 15 heavy (non-hydrogen) atoms. The molecule has 4 heteroatoms. The first-order valence-electron chi connectivity index (χ1n) is 4.88. The van der Waals surface area contributed by atoms with Crippen molar-refractivity contribution in [1.82, 2.24) is 0 Å². The van der Waals surface area contributed by atoms with Crippen LogP contribution in [0, 0.1) is 5.92 Å². The van der Waals surface area contributed by atoms with E-state index in [0.717, 1.165) is 18.6 Å². The molecule has 0 fully saturated rings. The second kappa shape index (κ2) is 3.81. The zero-order valence-electron chi connectivity index (χ0n) is 8.60. The highest BCUT2D eigenvalue weighted by Crippen LogP contribution is 2.33. The molecule has 0 radical (unpaired) electrons. The molecular formula is C11H14N2O2. The highest BCUT2D eigenvalue weighted by molar-refractivity contribution is 5.83. The van der Waals surface area contributed by atoms with Crippen molar-refractivity contribution in [3.8, 4) is 5.75 Å². The summed E-state index contributed by atoms with van der Waals surface area (Å²) in [5, 5.41) is 11.7. The van der Waals surface area contributed by atoms with Crippen LogP contribution in [0.25, 0.3) is 0 Å². The number of oxime groups is 1. The van der Waals surface area contributed by atoms with Crippen LogP contribution in [0.3, 0.4) is 0 Å². The number of nitrogens with two attached hydrogens (primary N) is 1. The third-order valence-electron chi connectivity index (χ3n) is 2.90. The summed E-state index contributed by atoms with van der Waals surface area (Å²) in [4.78, 5) is 0. The fraction of sp³-hybridized carbons (Fsp3) is 0.364. The Morgan fingerprint density at radius 3 is 3.00 bits per heavy atom. The summed E-state index contributed by atoms with van der Waals surface area (Å²) in [6.07, 6.45) is 1.61. The molecule has 0 bridgehead atoms. The van der Waals surface area contributed by atoms with Crippen molar-refractivity contribution in [2.75, 3.05) is 7.11 Å². The molecular weight excluding hydrogens is 192 g/mol. The van der Waals surface area contributed by atoms with Gasteiger partial charge in [-0.05, 0) is 30.0 Å². The summed E-state index contributed by atoms with van der Waals surface area (Å²) in [5.74, 6) is 1.29. The highest BCUT2D eigenvalue weighted by Gasteiger charge is 2.26. The van der Waals surface area contributed by atoms with Crippen LogP contribution >= 0.6 is 0 Å². The predicted molar refractivity (Wildman–Crippen MR) is 57.3 cm³/mol. The molecule has 0 saturated carbocycles. The van der Waals surface area contributed by atoms with Crippen molar-refractivity contribution in [1.29, 1.82) is 0 Å². The number of hydrogen-bond acceptors (Lipinski definition) is 3. The number of ether oxygens (including phenoxy) is 1. The Bertz CT molecular complexity index is 402. The fourth-order valence-corrected chi connectivity index (χ4v) is 2.10. The normalized spacial score (nSPS) is 20.1. The van der Waals surface area contributed by atoms with Gasteiger partial charge in [0.05, 0.1) is 7.11 Å². The summed E-state index contributed by atoms with van der Waals surface area (Å²) < 4.78 is 5.28. The van der Waals surface area contributed by atoms with Gasteiger partial charge in [-0.25, -0.2) is 0 Å². The van der Waals surface area contributed by atoms with Crippen LogP contribution in [0.4, 0.5) is 0 Å². The van der Waals surface area contributed by atoms with E-state index in [0.29, 0.717) is 5.84 Å².